The van der Waals surface area contributed by atoms with Crippen molar-refractivity contribution in [2.75, 3.05) is 24.3 Å². The maximum atomic E-state index is 11.8. The third-order valence-corrected chi connectivity index (χ3v) is 3.11. The molecule has 1 aromatic carbocycles. The molecule has 1 saturated heterocycles. The van der Waals surface area contributed by atoms with Crippen LogP contribution in [0.5, 0.6) is 0 Å². The minimum atomic E-state index is -0.525. The summed E-state index contributed by atoms with van der Waals surface area (Å²) in [5.74, 6) is -0.666. The van der Waals surface area contributed by atoms with Crippen LogP contribution in [0.1, 0.15) is 16.8 Å². The van der Waals surface area contributed by atoms with E-state index in [9.17, 15) is 9.59 Å². The van der Waals surface area contributed by atoms with Gasteiger partial charge in [0.15, 0.2) is 0 Å². The van der Waals surface area contributed by atoms with Crippen molar-refractivity contribution >= 4 is 34.9 Å². The maximum absolute atomic E-state index is 11.8. The van der Waals surface area contributed by atoms with E-state index >= 15 is 0 Å². The lowest BCUT2D eigenvalue weighted by atomic mass is 10.1. The second-order valence-corrected chi connectivity index (χ2v) is 4.66. The van der Waals surface area contributed by atoms with Crippen molar-refractivity contribution in [1.82, 2.24) is 0 Å². The second kappa shape index (κ2) is 4.86. The lowest BCUT2D eigenvalue weighted by Crippen LogP contribution is -2.27. The molecule has 1 aromatic rings. The molecule has 0 saturated carbocycles. The Balaban J connectivity index is 2.49. The van der Waals surface area contributed by atoms with Crippen LogP contribution < -0.4 is 10.6 Å². The van der Waals surface area contributed by atoms with E-state index in [4.69, 9.17) is 17.3 Å². The topological polar surface area (TPSA) is 72.6 Å². The standard InChI is InChI=1S/C12H13ClN2O3/c1-18-12(17)8-3-2-4-9(14)11(8)15-6-7(13)5-10(15)16/h2-4,7H,5-6,14H2,1H3. The third-order valence-electron chi connectivity index (χ3n) is 2.82. The minimum absolute atomic E-state index is 0.141. The number of para-hydroxylation sites is 1. The molecule has 1 aliphatic rings. The van der Waals surface area contributed by atoms with Gasteiger partial charge >= 0.3 is 5.97 Å². The summed E-state index contributed by atoms with van der Waals surface area (Å²) in [4.78, 5) is 25.0. The van der Waals surface area contributed by atoms with E-state index in [0.29, 0.717) is 17.9 Å². The number of alkyl halides is 1. The molecule has 5 nitrogen and oxygen atoms in total. The molecule has 0 aliphatic carbocycles. The first-order valence-corrected chi connectivity index (χ1v) is 5.89. The van der Waals surface area contributed by atoms with Crippen LogP contribution in [0.3, 0.4) is 0 Å². The number of esters is 1. The molecule has 1 amide bonds. The van der Waals surface area contributed by atoms with Crippen molar-refractivity contribution in [2.45, 2.75) is 11.8 Å². The average molecular weight is 269 g/mol. The van der Waals surface area contributed by atoms with Crippen molar-refractivity contribution in [1.29, 1.82) is 0 Å². The number of carbonyl (C=O) groups is 2. The van der Waals surface area contributed by atoms with Crippen molar-refractivity contribution in [3.8, 4) is 0 Å². The number of halogens is 1. The van der Waals surface area contributed by atoms with Gasteiger partial charge in [-0.2, -0.15) is 0 Å². The van der Waals surface area contributed by atoms with E-state index in [1.807, 2.05) is 0 Å². The molecule has 18 heavy (non-hydrogen) atoms. The summed E-state index contributed by atoms with van der Waals surface area (Å²) in [5, 5.41) is -0.261. The van der Waals surface area contributed by atoms with Crippen LogP contribution in [-0.4, -0.2) is 30.9 Å². The molecule has 6 heteroatoms. The Morgan fingerprint density at radius 2 is 2.28 bits per heavy atom. The highest BCUT2D eigenvalue weighted by Gasteiger charge is 2.32. The number of amides is 1. The highest BCUT2D eigenvalue weighted by Crippen LogP contribution is 2.33. The van der Waals surface area contributed by atoms with Crippen LogP contribution in [0.4, 0.5) is 11.4 Å². The number of hydrogen-bond acceptors (Lipinski definition) is 4. The zero-order chi connectivity index (χ0) is 13.3. The number of anilines is 2. The number of ether oxygens (including phenoxy) is 1. The summed E-state index contributed by atoms with van der Waals surface area (Å²) in [6.45, 7) is 0.346. The van der Waals surface area contributed by atoms with E-state index in [1.54, 1.807) is 18.2 Å². The van der Waals surface area contributed by atoms with E-state index in [-0.39, 0.29) is 23.3 Å². The quantitative estimate of drug-likeness (QED) is 0.500. The fraction of sp³-hybridized carbons (Fsp3) is 0.333. The van der Waals surface area contributed by atoms with E-state index in [2.05, 4.69) is 4.74 Å². The number of rotatable bonds is 2. The number of nitrogen functional groups attached to an aromatic ring is 1. The molecule has 0 aromatic heterocycles. The van der Waals surface area contributed by atoms with Gasteiger partial charge < -0.3 is 15.4 Å². The number of carbonyl (C=O) groups excluding carboxylic acids is 2. The van der Waals surface area contributed by atoms with Crippen molar-refractivity contribution in [2.24, 2.45) is 0 Å². The molecule has 1 heterocycles. The van der Waals surface area contributed by atoms with Crippen LogP contribution in [-0.2, 0) is 9.53 Å². The van der Waals surface area contributed by atoms with E-state index in [0.717, 1.165) is 0 Å². The Hall–Kier alpha value is -1.75. The van der Waals surface area contributed by atoms with E-state index in [1.165, 1.54) is 12.0 Å². The van der Waals surface area contributed by atoms with Crippen molar-refractivity contribution in [3.05, 3.63) is 23.8 Å². The van der Waals surface area contributed by atoms with Gasteiger partial charge in [0.25, 0.3) is 0 Å². The van der Waals surface area contributed by atoms with Gasteiger partial charge in [-0.25, -0.2) is 4.79 Å². The molecule has 1 atom stereocenters. The van der Waals surface area contributed by atoms with Crippen LogP contribution in [0.2, 0.25) is 0 Å². The van der Waals surface area contributed by atoms with Crippen LogP contribution in [0, 0.1) is 0 Å². The number of nitrogens with zero attached hydrogens (tertiary/aromatic N) is 1. The first kappa shape index (κ1) is 12.7. The van der Waals surface area contributed by atoms with E-state index < -0.39 is 5.97 Å². The minimum Gasteiger partial charge on any atom is -0.465 e. The number of methoxy groups -OCH3 is 1. The van der Waals surface area contributed by atoms with Crippen LogP contribution in [0.15, 0.2) is 18.2 Å². The summed E-state index contributed by atoms with van der Waals surface area (Å²) in [7, 11) is 1.28. The second-order valence-electron chi connectivity index (χ2n) is 4.04. The number of hydrogen-bond donors (Lipinski definition) is 1. The van der Waals surface area contributed by atoms with Gasteiger partial charge in [0, 0.05) is 13.0 Å². The molecular formula is C12H13ClN2O3. The summed E-state index contributed by atoms with van der Waals surface area (Å²) in [6, 6.07) is 4.85. The Morgan fingerprint density at radius 3 is 2.83 bits per heavy atom. The molecule has 1 fully saturated rings. The van der Waals surface area contributed by atoms with Gasteiger partial charge in [0.1, 0.15) is 0 Å². The first-order valence-electron chi connectivity index (χ1n) is 5.46. The summed E-state index contributed by atoms with van der Waals surface area (Å²) in [6.07, 6.45) is 0.247. The maximum Gasteiger partial charge on any atom is 0.340 e. The fourth-order valence-electron chi connectivity index (χ4n) is 2.02. The number of nitrogens with two attached hydrogens (primary N) is 1. The lowest BCUT2D eigenvalue weighted by Gasteiger charge is -2.20. The van der Waals surface area contributed by atoms with Crippen LogP contribution in [0.25, 0.3) is 0 Å². The molecule has 1 aliphatic heterocycles. The highest BCUT2D eigenvalue weighted by atomic mass is 35.5. The molecule has 0 radical (unpaired) electrons. The predicted molar refractivity (Wildman–Crippen MR) is 68.8 cm³/mol. The molecule has 2 rings (SSSR count). The molecule has 1 unspecified atom stereocenters. The van der Waals surface area contributed by atoms with Gasteiger partial charge in [0.05, 0.1) is 29.4 Å². The Bertz CT molecular complexity index is 504. The van der Waals surface area contributed by atoms with Gasteiger partial charge in [-0.1, -0.05) is 6.07 Å². The predicted octanol–water partition coefficient (Wildman–Crippen LogP) is 1.40. The first-order chi connectivity index (χ1) is 8.54. The monoisotopic (exact) mass is 268 g/mol. The smallest absolute Gasteiger partial charge is 0.340 e. The zero-order valence-electron chi connectivity index (χ0n) is 9.85. The van der Waals surface area contributed by atoms with Gasteiger partial charge in [-0.15, -0.1) is 11.6 Å². The van der Waals surface area contributed by atoms with Gasteiger partial charge in [-0.3, -0.25) is 4.79 Å². The molecule has 0 spiro atoms. The van der Waals surface area contributed by atoms with Crippen molar-refractivity contribution < 1.29 is 14.3 Å². The molecular weight excluding hydrogens is 256 g/mol. The average Bonchev–Trinajstić information content (AvgIpc) is 2.67. The molecule has 2 N–H and O–H groups in total. The highest BCUT2D eigenvalue weighted by molar-refractivity contribution is 6.24. The summed E-state index contributed by atoms with van der Waals surface area (Å²) >= 11 is 5.95. The van der Waals surface area contributed by atoms with Gasteiger partial charge in [-0.05, 0) is 12.1 Å². The Labute approximate surface area is 109 Å². The van der Waals surface area contributed by atoms with Crippen molar-refractivity contribution in [3.63, 3.8) is 0 Å². The molecule has 96 valence electrons. The largest absolute Gasteiger partial charge is 0.465 e. The summed E-state index contributed by atoms with van der Waals surface area (Å²) in [5.41, 5.74) is 6.88. The normalized spacial score (nSPS) is 19.1. The zero-order valence-corrected chi connectivity index (χ0v) is 10.6. The fourth-order valence-corrected chi connectivity index (χ4v) is 2.29. The Kier molecular flexibility index (Phi) is 3.43. The lowest BCUT2D eigenvalue weighted by molar-refractivity contribution is -0.117. The SMILES string of the molecule is COC(=O)c1cccc(N)c1N1CC(Cl)CC1=O. The van der Waals surface area contributed by atoms with Gasteiger partial charge in [0.2, 0.25) is 5.91 Å². The molecule has 0 bridgehead atoms. The van der Waals surface area contributed by atoms with Crippen LogP contribution >= 0.6 is 11.6 Å². The number of benzene rings is 1. The summed E-state index contributed by atoms with van der Waals surface area (Å²) < 4.78 is 4.69. The Morgan fingerprint density at radius 1 is 1.56 bits per heavy atom. The third kappa shape index (κ3) is 2.13.